The van der Waals surface area contributed by atoms with Crippen molar-refractivity contribution in [2.45, 2.75) is 39.5 Å². The van der Waals surface area contributed by atoms with Crippen LogP contribution in [0.1, 0.15) is 49.9 Å². The van der Waals surface area contributed by atoms with Gasteiger partial charge >= 0.3 is 0 Å². The smallest absolute Gasteiger partial charge is 0.253 e. The summed E-state index contributed by atoms with van der Waals surface area (Å²) in [7, 11) is 0. The predicted octanol–water partition coefficient (Wildman–Crippen LogP) is 5.41. The maximum absolute atomic E-state index is 12.8. The van der Waals surface area contributed by atoms with E-state index in [9.17, 15) is 9.59 Å². The fourth-order valence-electron chi connectivity index (χ4n) is 3.61. The Morgan fingerprint density at radius 1 is 0.969 bits per heavy atom. The van der Waals surface area contributed by atoms with Gasteiger partial charge in [-0.1, -0.05) is 25.4 Å². The number of likely N-dealkylation sites (tertiary alicyclic amines) is 1. The summed E-state index contributed by atoms with van der Waals surface area (Å²) >= 11 is 5.90. The Labute approximate surface area is 194 Å². The highest BCUT2D eigenvalue weighted by molar-refractivity contribution is 6.30. The zero-order valence-electron chi connectivity index (χ0n) is 18.7. The molecule has 0 bridgehead atoms. The lowest BCUT2D eigenvalue weighted by Crippen LogP contribution is -2.41. The molecule has 2 aromatic rings. The van der Waals surface area contributed by atoms with E-state index in [4.69, 9.17) is 21.1 Å². The minimum atomic E-state index is -0.139. The van der Waals surface area contributed by atoms with Gasteiger partial charge in [0.25, 0.3) is 5.91 Å². The Balaban J connectivity index is 1.57. The molecule has 32 heavy (non-hydrogen) atoms. The number of halogens is 1. The molecule has 0 spiro atoms. The van der Waals surface area contributed by atoms with Gasteiger partial charge in [-0.15, -0.1) is 0 Å². The first-order valence-corrected chi connectivity index (χ1v) is 11.6. The van der Waals surface area contributed by atoms with Gasteiger partial charge in [-0.3, -0.25) is 9.59 Å². The first-order valence-electron chi connectivity index (χ1n) is 11.3. The number of anilines is 1. The lowest BCUT2D eigenvalue weighted by molar-refractivity contribution is -0.121. The Bertz CT molecular complexity index is 909. The highest BCUT2D eigenvalue weighted by Gasteiger charge is 2.28. The molecule has 6 nitrogen and oxygen atoms in total. The van der Waals surface area contributed by atoms with Crippen LogP contribution in [0.15, 0.2) is 42.5 Å². The number of ether oxygens (including phenoxy) is 2. The summed E-state index contributed by atoms with van der Waals surface area (Å²) < 4.78 is 11.6. The molecule has 1 aliphatic heterocycles. The summed E-state index contributed by atoms with van der Waals surface area (Å²) in [4.78, 5) is 27.3. The third kappa shape index (κ3) is 6.39. The molecule has 0 saturated carbocycles. The third-order valence-electron chi connectivity index (χ3n) is 5.38. The monoisotopic (exact) mass is 458 g/mol. The van der Waals surface area contributed by atoms with E-state index in [0.29, 0.717) is 66.9 Å². The number of amides is 2. The molecule has 1 aliphatic rings. The van der Waals surface area contributed by atoms with Gasteiger partial charge in [0.05, 0.1) is 13.2 Å². The number of benzene rings is 2. The van der Waals surface area contributed by atoms with E-state index in [-0.39, 0.29) is 17.7 Å². The third-order valence-corrected chi connectivity index (χ3v) is 5.63. The van der Waals surface area contributed by atoms with Crippen LogP contribution in [0.5, 0.6) is 11.5 Å². The number of carbonyl (C=O) groups excluding carboxylic acids is 2. The maximum Gasteiger partial charge on any atom is 0.253 e. The van der Waals surface area contributed by atoms with E-state index < -0.39 is 0 Å². The first kappa shape index (κ1) is 23.9. The van der Waals surface area contributed by atoms with Gasteiger partial charge in [0.2, 0.25) is 5.91 Å². The SMILES string of the molecule is CCCOc1ccc(NC(=O)C2CCN(C(=O)c3ccc(Cl)cc3)CC2)cc1OCCC. The quantitative estimate of drug-likeness (QED) is 0.545. The molecule has 172 valence electrons. The molecule has 0 atom stereocenters. The van der Waals surface area contributed by atoms with Gasteiger partial charge in [0.1, 0.15) is 0 Å². The molecule has 1 heterocycles. The molecule has 2 aromatic carbocycles. The Kier molecular flexibility index (Phi) is 8.80. The zero-order valence-corrected chi connectivity index (χ0v) is 19.5. The Hall–Kier alpha value is -2.73. The van der Waals surface area contributed by atoms with Crippen LogP contribution in [0.4, 0.5) is 5.69 Å². The molecular weight excluding hydrogens is 428 g/mol. The van der Waals surface area contributed by atoms with Crippen LogP contribution in [0, 0.1) is 5.92 Å². The van der Waals surface area contributed by atoms with Gasteiger partial charge < -0.3 is 19.7 Å². The molecule has 1 N–H and O–H groups in total. The van der Waals surface area contributed by atoms with Crippen molar-refractivity contribution in [1.82, 2.24) is 4.90 Å². The average Bonchev–Trinajstić information content (AvgIpc) is 2.82. The molecular formula is C25H31ClN2O4. The number of carbonyl (C=O) groups is 2. The van der Waals surface area contributed by atoms with Gasteiger partial charge in [-0.25, -0.2) is 0 Å². The fraction of sp³-hybridized carbons (Fsp3) is 0.440. The van der Waals surface area contributed by atoms with Crippen molar-refractivity contribution in [3.63, 3.8) is 0 Å². The van der Waals surface area contributed by atoms with Crippen molar-refractivity contribution in [2.75, 3.05) is 31.6 Å². The summed E-state index contributed by atoms with van der Waals surface area (Å²) in [6.45, 7) is 6.39. The number of hydrogen-bond acceptors (Lipinski definition) is 4. The van der Waals surface area contributed by atoms with Crippen molar-refractivity contribution < 1.29 is 19.1 Å². The van der Waals surface area contributed by atoms with E-state index >= 15 is 0 Å². The van der Waals surface area contributed by atoms with E-state index in [2.05, 4.69) is 12.2 Å². The first-order chi connectivity index (χ1) is 15.5. The molecule has 3 rings (SSSR count). The molecule has 2 amide bonds. The standard InChI is InChI=1S/C25H31ClN2O4/c1-3-15-31-22-10-9-21(17-23(22)32-16-4-2)27-24(29)18-11-13-28(14-12-18)25(30)19-5-7-20(26)8-6-19/h5-10,17-18H,3-4,11-16H2,1-2H3,(H,27,29). The van der Waals surface area contributed by atoms with Crippen LogP contribution in [-0.2, 0) is 4.79 Å². The van der Waals surface area contributed by atoms with E-state index in [1.54, 1.807) is 29.2 Å². The maximum atomic E-state index is 12.8. The number of piperidine rings is 1. The lowest BCUT2D eigenvalue weighted by atomic mass is 9.95. The second kappa shape index (κ2) is 11.8. The van der Waals surface area contributed by atoms with Crippen LogP contribution < -0.4 is 14.8 Å². The molecule has 0 aliphatic carbocycles. The van der Waals surface area contributed by atoms with Crippen LogP contribution in [0.3, 0.4) is 0 Å². The van der Waals surface area contributed by atoms with Crippen molar-refractivity contribution in [3.05, 3.63) is 53.1 Å². The Morgan fingerprint density at radius 3 is 2.22 bits per heavy atom. The van der Waals surface area contributed by atoms with Gasteiger partial charge in [0.15, 0.2) is 11.5 Å². The van der Waals surface area contributed by atoms with Gasteiger partial charge in [0, 0.05) is 41.3 Å². The second-order valence-corrected chi connectivity index (χ2v) is 8.36. The van der Waals surface area contributed by atoms with Gasteiger partial charge in [-0.05, 0) is 62.1 Å². The molecule has 1 saturated heterocycles. The number of nitrogens with one attached hydrogen (secondary N) is 1. The van der Waals surface area contributed by atoms with Crippen LogP contribution in [-0.4, -0.2) is 43.0 Å². The lowest BCUT2D eigenvalue weighted by Gasteiger charge is -2.31. The van der Waals surface area contributed by atoms with Crippen molar-refractivity contribution >= 4 is 29.1 Å². The number of nitrogens with zero attached hydrogens (tertiary/aromatic N) is 1. The average molecular weight is 459 g/mol. The normalized spacial score (nSPS) is 14.2. The van der Waals surface area contributed by atoms with Crippen molar-refractivity contribution in [3.8, 4) is 11.5 Å². The van der Waals surface area contributed by atoms with Gasteiger partial charge in [-0.2, -0.15) is 0 Å². The van der Waals surface area contributed by atoms with Crippen LogP contribution in [0.2, 0.25) is 5.02 Å². The van der Waals surface area contributed by atoms with Crippen LogP contribution in [0.25, 0.3) is 0 Å². The minimum Gasteiger partial charge on any atom is -0.490 e. The second-order valence-electron chi connectivity index (χ2n) is 7.92. The summed E-state index contributed by atoms with van der Waals surface area (Å²) in [6.07, 6.45) is 3.05. The largest absolute Gasteiger partial charge is 0.490 e. The summed E-state index contributed by atoms with van der Waals surface area (Å²) in [5.74, 6) is 1.13. The van der Waals surface area contributed by atoms with Crippen molar-refractivity contribution in [2.24, 2.45) is 5.92 Å². The zero-order chi connectivity index (χ0) is 22.9. The molecule has 0 aromatic heterocycles. The molecule has 1 fully saturated rings. The summed E-state index contributed by atoms with van der Waals surface area (Å²) in [6, 6.07) is 12.4. The number of rotatable bonds is 9. The summed E-state index contributed by atoms with van der Waals surface area (Å²) in [5.41, 5.74) is 1.30. The topological polar surface area (TPSA) is 67.9 Å². The van der Waals surface area contributed by atoms with Crippen molar-refractivity contribution in [1.29, 1.82) is 0 Å². The van der Waals surface area contributed by atoms with E-state index in [1.807, 2.05) is 25.1 Å². The highest BCUT2D eigenvalue weighted by Crippen LogP contribution is 2.31. The minimum absolute atomic E-state index is 0.0269. The molecule has 0 radical (unpaired) electrons. The predicted molar refractivity (Wildman–Crippen MR) is 127 cm³/mol. The van der Waals surface area contributed by atoms with E-state index in [0.717, 1.165) is 12.8 Å². The van der Waals surface area contributed by atoms with Crippen LogP contribution >= 0.6 is 11.6 Å². The summed E-state index contributed by atoms with van der Waals surface area (Å²) in [5, 5.41) is 3.60. The molecule has 7 heteroatoms. The fourth-order valence-corrected chi connectivity index (χ4v) is 3.73. The Morgan fingerprint density at radius 2 is 1.59 bits per heavy atom. The number of hydrogen-bond donors (Lipinski definition) is 1. The molecule has 0 unspecified atom stereocenters. The highest BCUT2D eigenvalue weighted by atomic mass is 35.5. The van der Waals surface area contributed by atoms with E-state index in [1.165, 1.54) is 0 Å².